The first-order chi connectivity index (χ1) is 11.5. The molecule has 0 aromatic carbocycles. The number of hydrogen-bond donors (Lipinski definition) is 1. The van der Waals surface area contributed by atoms with Gasteiger partial charge in [-0.2, -0.15) is 0 Å². The third-order valence-electron chi connectivity index (χ3n) is 5.57. The molecule has 4 atom stereocenters. The first kappa shape index (κ1) is 15.8. The molecule has 128 valence electrons. The molecule has 1 aromatic rings. The van der Waals surface area contributed by atoms with Crippen LogP contribution in [-0.4, -0.2) is 33.3 Å². The Labute approximate surface area is 145 Å². The molecule has 0 aliphatic heterocycles. The molecule has 4 fully saturated rings. The number of nitrogens with one attached hydrogen (secondary N) is 1. The zero-order valence-corrected chi connectivity index (χ0v) is 14.1. The Bertz CT molecular complexity index is 652. The molecule has 0 spiro atoms. The second-order valence-corrected chi connectivity index (χ2v) is 8.39. The topological polar surface area (TPSA) is 81.2 Å². The minimum atomic E-state index is -0.491. The molecule has 4 aliphatic rings. The Morgan fingerprint density at radius 1 is 1.21 bits per heavy atom. The summed E-state index contributed by atoms with van der Waals surface area (Å²) in [7, 11) is 0. The van der Waals surface area contributed by atoms with Gasteiger partial charge in [0.25, 0.3) is 5.91 Å². The number of carbonyl (C=O) groups is 2. The lowest BCUT2D eigenvalue weighted by molar-refractivity contribution is -0.171. The van der Waals surface area contributed by atoms with Crippen LogP contribution < -0.4 is 5.32 Å². The summed E-state index contributed by atoms with van der Waals surface area (Å²) >= 11 is 6.73. The predicted molar refractivity (Wildman–Crippen MR) is 87.3 cm³/mol. The van der Waals surface area contributed by atoms with Crippen LogP contribution in [0.1, 0.15) is 38.5 Å². The number of carbonyl (C=O) groups excluding carboxylic acids is 2. The highest BCUT2D eigenvalue weighted by Crippen LogP contribution is 2.64. The number of esters is 1. The number of rotatable bonds is 4. The highest BCUT2D eigenvalue weighted by molar-refractivity contribution is 6.24. The summed E-state index contributed by atoms with van der Waals surface area (Å²) < 4.78 is 5.34. The van der Waals surface area contributed by atoms with E-state index in [2.05, 4.69) is 15.3 Å². The number of aromatic nitrogens is 2. The van der Waals surface area contributed by atoms with Gasteiger partial charge in [0.2, 0.25) is 5.95 Å². The van der Waals surface area contributed by atoms with Crippen molar-refractivity contribution in [2.45, 2.75) is 43.4 Å². The molecule has 24 heavy (non-hydrogen) atoms. The highest BCUT2D eigenvalue weighted by Gasteiger charge is 2.60. The van der Waals surface area contributed by atoms with Crippen LogP contribution in [0.15, 0.2) is 18.5 Å². The van der Waals surface area contributed by atoms with Crippen molar-refractivity contribution < 1.29 is 14.3 Å². The van der Waals surface area contributed by atoms with Crippen molar-refractivity contribution in [2.75, 3.05) is 11.9 Å². The van der Waals surface area contributed by atoms with Crippen LogP contribution >= 0.6 is 11.6 Å². The lowest BCUT2D eigenvalue weighted by Crippen LogP contribution is -2.56. The lowest BCUT2D eigenvalue weighted by Gasteiger charge is -2.58. The molecule has 1 amide bonds. The lowest BCUT2D eigenvalue weighted by atomic mass is 9.49. The zero-order valence-electron chi connectivity index (χ0n) is 13.3. The first-order valence-corrected chi connectivity index (χ1v) is 8.77. The average molecular weight is 350 g/mol. The van der Waals surface area contributed by atoms with Crippen molar-refractivity contribution >= 4 is 29.4 Å². The van der Waals surface area contributed by atoms with Gasteiger partial charge in [-0.1, -0.05) is 0 Å². The highest BCUT2D eigenvalue weighted by atomic mass is 35.5. The molecule has 6 nitrogen and oxygen atoms in total. The number of alkyl halides is 1. The van der Waals surface area contributed by atoms with Gasteiger partial charge >= 0.3 is 5.97 Å². The van der Waals surface area contributed by atoms with E-state index in [4.69, 9.17) is 16.3 Å². The third-order valence-corrected chi connectivity index (χ3v) is 6.02. The van der Waals surface area contributed by atoms with E-state index in [1.54, 1.807) is 6.07 Å². The van der Waals surface area contributed by atoms with Crippen LogP contribution in [0.25, 0.3) is 0 Å². The number of ether oxygens (including phenoxy) is 1. The van der Waals surface area contributed by atoms with Crippen molar-refractivity contribution in [3.8, 4) is 0 Å². The first-order valence-electron chi connectivity index (χ1n) is 8.39. The number of hydrogen-bond acceptors (Lipinski definition) is 5. The van der Waals surface area contributed by atoms with Crippen LogP contribution in [-0.2, 0) is 14.3 Å². The van der Waals surface area contributed by atoms with E-state index in [0.29, 0.717) is 18.3 Å². The maximum atomic E-state index is 12.7. The van der Waals surface area contributed by atoms with E-state index < -0.39 is 11.3 Å². The molecular weight excluding hydrogens is 330 g/mol. The summed E-state index contributed by atoms with van der Waals surface area (Å²) in [5.41, 5.74) is -0.491. The fourth-order valence-electron chi connectivity index (χ4n) is 5.20. The SMILES string of the molecule is O=C(COC(=O)C12C[C@@H]3C[C@@H](CC(Cl)(C3)C1)C2)Nc1ncccn1. The van der Waals surface area contributed by atoms with E-state index in [-0.39, 0.29) is 23.4 Å². The maximum Gasteiger partial charge on any atom is 0.312 e. The summed E-state index contributed by atoms with van der Waals surface area (Å²) in [6.45, 7) is -0.316. The number of halogens is 1. The smallest absolute Gasteiger partial charge is 0.312 e. The van der Waals surface area contributed by atoms with Gasteiger partial charge < -0.3 is 4.74 Å². The van der Waals surface area contributed by atoms with Gasteiger partial charge in [-0.15, -0.1) is 11.6 Å². The molecule has 7 heteroatoms. The molecule has 1 heterocycles. The summed E-state index contributed by atoms with van der Waals surface area (Å²) in [5, 5.41) is 2.51. The monoisotopic (exact) mass is 349 g/mol. The molecule has 4 saturated carbocycles. The Morgan fingerprint density at radius 2 is 1.88 bits per heavy atom. The molecule has 1 aromatic heterocycles. The number of amides is 1. The molecule has 0 radical (unpaired) electrons. The van der Waals surface area contributed by atoms with E-state index in [1.165, 1.54) is 18.8 Å². The molecule has 5 rings (SSSR count). The fraction of sp³-hybridized carbons (Fsp3) is 0.647. The van der Waals surface area contributed by atoms with Crippen molar-refractivity contribution in [1.82, 2.24) is 9.97 Å². The fourth-order valence-corrected chi connectivity index (χ4v) is 5.89. The summed E-state index contributed by atoms with van der Waals surface area (Å²) in [5.74, 6) is 0.532. The Morgan fingerprint density at radius 3 is 2.50 bits per heavy atom. The number of nitrogens with zero attached hydrogens (tertiary/aromatic N) is 2. The van der Waals surface area contributed by atoms with Gasteiger partial charge in [0.1, 0.15) is 0 Å². The van der Waals surface area contributed by atoms with Gasteiger partial charge in [0.05, 0.1) is 5.41 Å². The van der Waals surface area contributed by atoms with Crippen LogP contribution in [0.4, 0.5) is 5.95 Å². The van der Waals surface area contributed by atoms with Gasteiger partial charge in [-0.3, -0.25) is 14.9 Å². The second-order valence-electron chi connectivity index (χ2n) is 7.59. The second kappa shape index (κ2) is 5.69. The molecule has 0 saturated heterocycles. The normalized spacial score (nSPS) is 36.4. The van der Waals surface area contributed by atoms with Crippen LogP contribution in [0.2, 0.25) is 0 Å². The largest absolute Gasteiger partial charge is 0.455 e. The minimum Gasteiger partial charge on any atom is -0.455 e. The van der Waals surface area contributed by atoms with E-state index in [1.807, 2.05) is 0 Å². The van der Waals surface area contributed by atoms with Gasteiger partial charge in [-0.25, -0.2) is 9.97 Å². The third kappa shape index (κ3) is 2.88. The van der Waals surface area contributed by atoms with E-state index >= 15 is 0 Å². The molecule has 2 unspecified atom stereocenters. The minimum absolute atomic E-state index is 0.202. The van der Waals surface area contributed by atoms with Crippen LogP contribution in [0, 0.1) is 17.3 Å². The predicted octanol–water partition coefficient (Wildman–Crippen LogP) is 2.54. The Balaban J connectivity index is 1.37. The average Bonchev–Trinajstić information content (AvgIpc) is 2.51. The van der Waals surface area contributed by atoms with Gasteiger partial charge in [0, 0.05) is 17.3 Å². The Kier molecular flexibility index (Phi) is 3.75. The number of anilines is 1. The summed E-state index contributed by atoms with van der Waals surface area (Å²) in [4.78, 5) is 32.2. The summed E-state index contributed by atoms with van der Waals surface area (Å²) in [6, 6.07) is 1.66. The van der Waals surface area contributed by atoms with Crippen molar-refractivity contribution in [3.05, 3.63) is 18.5 Å². The van der Waals surface area contributed by atoms with Gasteiger partial charge in [0.15, 0.2) is 6.61 Å². The molecule has 4 aliphatic carbocycles. The molecule has 4 bridgehead atoms. The maximum absolute atomic E-state index is 12.7. The molecular formula is C17H20ClN3O3. The van der Waals surface area contributed by atoms with Crippen LogP contribution in [0.3, 0.4) is 0 Å². The molecule has 1 N–H and O–H groups in total. The standard InChI is InChI=1S/C17H20ClN3O3/c18-17-7-11-4-12(8-17)6-16(5-11,10-17)14(23)24-9-13(22)21-15-19-2-1-3-20-15/h1-3,11-12H,4-10H2,(H,19,20,21,22)/t11-,12+,16?,17?. The van der Waals surface area contributed by atoms with E-state index in [9.17, 15) is 9.59 Å². The Hall–Kier alpha value is -1.69. The van der Waals surface area contributed by atoms with Crippen LogP contribution in [0.5, 0.6) is 0 Å². The van der Waals surface area contributed by atoms with Crippen molar-refractivity contribution in [2.24, 2.45) is 17.3 Å². The van der Waals surface area contributed by atoms with Crippen molar-refractivity contribution in [3.63, 3.8) is 0 Å². The zero-order chi connectivity index (χ0) is 16.8. The van der Waals surface area contributed by atoms with Gasteiger partial charge in [-0.05, 0) is 56.4 Å². The summed E-state index contributed by atoms with van der Waals surface area (Å²) in [6.07, 6.45) is 8.62. The van der Waals surface area contributed by atoms with Crippen molar-refractivity contribution in [1.29, 1.82) is 0 Å². The quantitative estimate of drug-likeness (QED) is 0.667. The van der Waals surface area contributed by atoms with E-state index in [0.717, 1.165) is 25.7 Å².